The van der Waals surface area contributed by atoms with Gasteiger partial charge in [-0.15, -0.1) is 0 Å². The van der Waals surface area contributed by atoms with Gasteiger partial charge in [-0.2, -0.15) is 5.26 Å². The standard InChI is InChI=1S/C17H23N/c1-3-17-13(2)15(9-10-16(17)12-18)11-14-7-5-4-6-8-14/h9-10,14H,3-8,11H2,1-2H3. The van der Waals surface area contributed by atoms with Crippen LogP contribution in [0.1, 0.15) is 61.3 Å². The van der Waals surface area contributed by atoms with Gasteiger partial charge in [0.15, 0.2) is 0 Å². The van der Waals surface area contributed by atoms with Crippen molar-refractivity contribution >= 4 is 0 Å². The number of rotatable bonds is 3. The van der Waals surface area contributed by atoms with E-state index >= 15 is 0 Å². The summed E-state index contributed by atoms with van der Waals surface area (Å²) in [7, 11) is 0. The fourth-order valence-electron chi connectivity index (χ4n) is 3.29. The normalized spacial score (nSPS) is 16.5. The second-order valence-electron chi connectivity index (χ2n) is 5.55. The molecule has 0 atom stereocenters. The van der Waals surface area contributed by atoms with Crippen molar-refractivity contribution in [3.8, 4) is 6.07 Å². The Morgan fingerprint density at radius 3 is 2.56 bits per heavy atom. The minimum atomic E-state index is 0.863. The summed E-state index contributed by atoms with van der Waals surface area (Å²) in [5, 5.41) is 9.14. The van der Waals surface area contributed by atoms with E-state index in [-0.39, 0.29) is 0 Å². The summed E-state index contributed by atoms with van der Waals surface area (Å²) in [5.74, 6) is 0.870. The Morgan fingerprint density at radius 2 is 1.94 bits per heavy atom. The molecule has 0 radical (unpaired) electrons. The quantitative estimate of drug-likeness (QED) is 0.761. The fourth-order valence-corrected chi connectivity index (χ4v) is 3.29. The van der Waals surface area contributed by atoms with Crippen LogP contribution in [0.5, 0.6) is 0 Å². The molecule has 1 aromatic rings. The average molecular weight is 241 g/mol. The van der Waals surface area contributed by atoms with Gasteiger partial charge in [0.2, 0.25) is 0 Å². The lowest BCUT2D eigenvalue weighted by molar-refractivity contribution is 0.356. The predicted octanol–water partition coefficient (Wildman–Crippen LogP) is 4.55. The van der Waals surface area contributed by atoms with Crippen molar-refractivity contribution in [1.82, 2.24) is 0 Å². The van der Waals surface area contributed by atoms with Gasteiger partial charge in [-0.1, -0.05) is 45.1 Å². The molecule has 1 fully saturated rings. The van der Waals surface area contributed by atoms with Crippen LogP contribution < -0.4 is 0 Å². The molecule has 0 aromatic heterocycles. The lowest BCUT2D eigenvalue weighted by atomic mass is 9.82. The maximum atomic E-state index is 9.14. The third-order valence-corrected chi connectivity index (χ3v) is 4.42. The zero-order chi connectivity index (χ0) is 13.0. The molecule has 0 unspecified atom stereocenters. The SMILES string of the molecule is CCc1c(C#N)ccc(CC2CCCCC2)c1C. The zero-order valence-electron chi connectivity index (χ0n) is 11.6. The predicted molar refractivity (Wildman–Crippen MR) is 75.6 cm³/mol. The van der Waals surface area contributed by atoms with Gasteiger partial charge in [-0.3, -0.25) is 0 Å². The van der Waals surface area contributed by atoms with Crippen LogP contribution in [-0.2, 0) is 12.8 Å². The molecule has 1 saturated carbocycles. The third-order valence-electron chi connectivity index (χ3n) is 4.42. The first-order valence-electron chi connectivity index (χ1n) is 7.27. The molecule has 0 bridgehead atoms. The van der Waals surface area contributed by atoms with E-state index in [9.17, 15) is 0 Å². The highest BCUT2D eigenvalue weighted by Gasteiger charge is 2.16. The van der Waals surface area contributed by atoms with Gasteiger partial charge in [0.25, 0.3) is 0 Å². The van der Waals surface area contributed by atoms with E-state index in [0.717, 1.165) is 17.9 Å². The molecule has 2 rings (SSSR count). The first kappa shape index (κ1) is 13.1. The Bertz CT molecular complexity index is 447. The zero-order valence-corrected chi connectivity index (χ0v) is 11.6. The molecule has 1 nitrogen and oxygen atoms in total. The van der Waals surface area contributed by atoms with Crippen LogP contribution in [0.3, 0.4) is 0 Å². The van der Waals surface area contributed by atoms with Crippen molar-refractivity contribution < 1.29 is 0 Å². The Hall–Kier alpha value is -1.29. The molecular formula is C17H23N. The van der Waals surface area contributed by atoms with E-state index in [1.54, 1.807) is 0 Å². The number of hydrogen-bond acceptors (Lipinski definition) is 1. The summed E-state index contributed by atoms with van der Waals surface area (Å²) < 4.78 is 0. The number of nitrogens with zero attached hydrogens (tertiary/aromatic N) is 1. The van der Waals surface area contributed by atoms with Crippen molar-refractivity contribution in [3.63, 3.8) is 0 Å². The van der Waals surface area contributed by atoms with E-state index in [1.165, 1.54) is 55.2 Å². The smallest absolute Gasteiger partial charge is 0.0994 e. The Labute approximate surface area is 111 Å². The van der Waals surface area contributed by atoms with Crippen LogP contribution in [-0.4, -0.2) is 0 Å². The molecule has 18 heavy (non-hydrogen) atoms. The van der Waals surface area contributed by atoms with Gasteiger partial charge >= 0.3 is 0 Å². The Balaban J connectivity index is 2.20. The van der Waals surface area contributed by atoms with Gasteiger partial charge < -0.3 is 0 Å². The van der Waals surface area contributed by atoms with Crippen molar-refractivity contribution in [2.45, 2.75) is 58.8 Å². The second kappa shape index (κ2) is 6.05. The highest BCUT2D eigenvalue weighted by atomic mass is 14.3. The fraction of sp³-hybridized carbons (Fsp3) is 0.588. The Morgan fingerprint density at radius 1 is 1.22 bits per heavy atom. The van der Waals surface area contributed by atoms with E-state index in [4.69, 9.17) is 5.26 Å². The summed E-state index contributed by atoms with van der Waals surface area (Å²) in [6.07, 6.45) is 9.18. The highest BCUT2D eigenvalue weighted by Crippen LogP contribution is 2.29. The second-order valence-corrected chi connectivity index (χ2v) is 5.55. The lowest BCUT2D eigenvalue weighted by Gasteiger charge is -2.23. The van der Waals surface area contributed by atoms with Crippen LogP contribution in [0.4, 0.5) is 0 Å². The van der Waals surface area contributed by atoms with Gasteiger partial charge in [0, 0.05) is 0 Å². The number of hydrogen-bond donors (Lipinski definition) is 0. The average Bonchev–Trinajstić information content (AvgIpc) is 2.42. The largest absolute Gasteiger partial charge is 0.192 e. The molecule has 96 valence electrons. The molecule has 0 amide bonds. The van der Waals surface area contributed by atoms with Crippen LogP contribution >= 0.6 is 0 Å². The van der Waals surface area contributed by atoms with Gasteiger partial charge in [0.1, 0.15) is 0 Å². The van der Waals surface area contributed by atoms with Crippen LogP contribution in [0.25, 0.3) is 0 Å². The van der Waals surface area contributed by atoms with Crippen LogP contribution in [0, 0.1) is 24.2 Å². The van der Waals surface area contributed by atoms with Crippen molar-refractivity contribution in [1.29, 1.82) is 5.26 Å². The molecule has 0 saturated heterocycles. The van der Waals surface area contributed by atoms with Gasteiger partial charge in [-0.25, -0.2) is 0 Å². The molecule has 1 aliphatic carbocycles. The summed E-state index contributed by atoms with van der Waals surface area (Å²) in [5.41, 5.74) is 4.95. The molecule has 1 heteroatoms. The first-order valence-corrected chi connectivity index (χ1v) is 7.27. The van der Waals surface area contributed by atoms with Crippen LogP contribution in [0.15, 0.2) is 12.1 Å². The monoisotopic (exact) mass is 241 g/mol. The molecular weight excluding hydrogens is 218 g/mol. The molecule has 0 spiro atoms. The van der Waals surface area contributed by atoms with Crippen molar-refractivity contribution in [3.05, 3.63) is 34.4 Å². The van der Waals surface area contributed by atoms with E-state index < -0.39 is 0 Å². The number of benzene rings is 1. The summed E-state index contributed by atoms with van der Waals surface area (Å²) in [4.78, 5) is 0. The van der Waals surface area contributed by atoms with E-state index in [2.05, 4.69) is 26.0 Å². The Kier molecular flexibility index (Phi) is 4.42. The van der Waals surface area contributed by atoms with Gasteiger partial charge in [-0.05, 0) is 48.4 Å². The molecule has 1 aromatic carbocycles. The molecule has 0 heterocycles. The topological polar surface area (TPSA) is 23.8 Å². The first-order chi connectivity index (χ1) is 8.76. The van der Waals surface area contributed by atoms with Crippen LogP contribution in [0.2, 0.25) is 0 Å². The minimum Gasteiger partial charge on any atom is -0.192 e. The lowest BCUT2D eigenvalue weighted by Crippen LogP contribution is -2.11. The maximum absolute atomic E-state index is 9.14. The third kappa shape index (κ3) is 2.75. The van der Waals surface area contributed by atoms with E-state index in [1.807, 2.05) is 6.07 Å². The highest BCUT2D eigenvalue weighted by molar-refractivity contribution is 5.46. The molecule has 0 N–H and O–H groups in total. The molecule has 0 aliphatic heterocycles. The molecule has 1 aliphatic rings. The summed E-state index contributed by atoms with van der Waals surface area (Å²) in [6, 6.07) is 6.52. The minimum absolute atomic E-state index is 0.863. The summed E-state index contributed by atoms with van der Waals surface area (Å²) >= 11 is 0. The van der Waals surface area contributed by atoms with E-state index in [0.29, 0.717) is 0 Å². The van der Waals surface area contributed by atoms with Gasteiger partial charge in [0.05, 0.1) is 11.6 Å². The van der Waals surface area contributed by atoms with Crippen molar-refractivity contribution in [2.75, 3.05) is 0 Å². The van der Waals surface area contributed by atoms with Crippen molar-refractivity contribution in [2.24, 2.45) is 5.92 Å². The maximum Gasteiger partial charge on any atom is 0.0994 e. The number of nitriles is 1. The summed E-state index contributed by atoms with van der Waals surface area (Å²) in [6.45, 7) is 4.34.